The second-order valence-electron chi connectivity index (χ2n) is 3.29. The number of aromatic nitrogens is 1. The summed E-state index contributed by atoms with van der Waals surface area (Å²) in [5.41, 5.74) is 0.260. The van der Waals surface area contributed by atoms with Crippen LogP contribution in [0.3, 0.4) is 0 Å². The molecule has 82 valence electrons. The molecule has 1 unspecified atom stereocenters. The van der Waals surface area contributed by atoms with Gasteiger partial charge in [0.1, 0.15) is 0 Å². The molecule has 0 aromatic carbocycles. The molecule has 1 heterocycles. The van der Waals surface area contributed by atoms with Gasteiger partial charge in [0.25, 0.3) is 5.91 Å². The van der Waals surface area contributed by atoms with Crippen LogP contribution in [0.25, 0.3) is 0 Å². The van der Waals surface area contributed by atoms with Gasteiger partial charge in [0.15, 0.2) is 0 Å². The molecule has 1 atom stereocenters. The minimum absolute atomic E-state index is 0.115. The van der Waals surface area contributed by atoms with Crippen molar-refractivity contribution in [2.24, 2.45) is 0 Å². The summed E-state index contributed by atoms with van der Waals surface area (Å²) in [7, 11) is 0. The molecule has 0 aliphatic rings. The summed E-state index contributed by atoms with van der Waals surface area (Å²) >= 11 is 3.31. The molecule has 0 saturated heterocycles. The molecule has 0 aliphatic carbocycles. The highest BCUT2D eigenvalue weighted by Gasteiger charge is 2.08. The molecule has 2 N–H and O–H groups in total. The van der Waals surface area contributed by atoms with E-state index in [2.05, 4.69) is 26.2 Å². The van der Waals surface area contributed by atoms with Crippen LogP contribution in [0.4, 0.5) is 0 Å². The third kappa shape index (κ3) is 3.87. The highest BCUT2D eigenvalue weighted by molar-refractivity contribution is 9.09. The summed E-state index contributed by atoms with van der Waals surface area (Å²) in [6.45, 7) is 1.94. The quantitative estimate of drug-likeness (QED) is 0.812. The Morgan fingerprint density at radius 3 is 2.87 bits per heavy atom. The molecule has 4 nitrogen and oxygen atoms in total. The normalized spacial score (nSPS) is 12.1. The maximum Gasteiger partial charge on any atom is 0.252 e. The topological polar surface area (TPSA) is 62.0 Å². The van der Waals surface area contributed by atoms with Gasteiger partial charge < -0.3 is 10.3 Å². The lowest BCUT2D eigenvalue weighted by Crippen LogP contribution is -2.33. The maximum atomic E-state index is 11.6. The highest BCUT2D eigenvalue weighted by Crippen LogP contribution is 1.98. The Hall–Kier alpha value is -1.10. The van der Waals surface area contributed by atoms with Gasteiger partial charge in [-0.05, 0) is 19.4 Å². The van der Waals surface area contributed by atoms with Crippen LogP contribution in [0.1, 0.15) is 23.7 Å². The van der Waals surface area contributed by atoms with E-state index in [1.165, 1.54) is 18.3 Å². The fourth-order valence-corrected chi connectivity index (χ4v) is 1.78. The van der Waals surface area contributed by atoms with Crippen molar-refractivity contribution in [1.29, 1.82) is 0 Å². The van der Waals surface area contributed by atoms with E-state index in [1.807, 2.05) is 6.92 Å². The van der Waals surface area contributed by atoms with E-state index in [9.17, 15) is 9.59 Å². The summed E-state index contributed by atoms with van der Waals surface area (Å²) in [5.74, 6) is -0.167. The molecule has 1 aromatic rings. The monoisotopic (exact) mass is 272 g/mol. The van der Waals surface area contributed by atoms with Crippen LogP contribution in [0, 0.1) is 0 Å². The number of halogens is 1. The first-order valence-electron chi connectivity index (χ1n) is 4.69. The first-order chi connectivity index (χ1) is 7.13. The van der Waals surface area contributed by atoms with Gasteiger partial charge in [0.2, 0.25) is 5.56 Å². The molecule has 1 amide bonds. The molecule has 0 saturated carbocycles. The number of alkyl halides is 1. The molecule has 0 aliphatic heterocycles. The predicted octanol–water partition coefficient (Wildman–Crippen LogP) is 1.28. The zero-order chi connectivity index (χ0) is 11.3. The van der Waals surface area contributed by atoms with Crippen LogP contribution in [-0.4, -0.2) is 22.3 Å². The number of amides is 1. The van der Waals surface area contributed by atoms with E-state index >= 15 is 0 Å². The lowest BCUT2D eigenvalue weighted by atomic mass is 10.2. The number of hydrogen-bond donors (Lipinski definition) is 2. The van der Waals surface area contributed by atoms with Crippen molar-refractivity contribution < 1.29 is 4.79 Å². The van der Waals surface area contributed by atoms with Crippen molar-refractivity contribution in [3.63, 3.8) is 0 Å². The average Bonchev–Trinajstić information content (AvgIpc) is 2.18. The Labute approximate surface area is 96.2 Å². The van der Waals surface area contributed by atoms with Crippen LogP contribution < -0.4 is 10.9 Å². The molecule has 1 aromatic heterocycles. The molecule has 0 bridgehead atoms. The van der Waals surface area contributed by atoms with E-state index in [1.54, 1.807) is 0 Å². The van der Waals surface area contributed by atoms with Crippen LogP contribution in [0.15, 0.2) is 23.1 Å². The van der Waals surface area contributed by atoms with Crippen LogP contribution in [-0.2, 0) is 0 Å². The third-order valence-corrected chi connectivity index (χ3v) is 2.42. The van der Waals surface area contributed by atoms with Crippen molar-refractivity contribution in [3.05, 3.63) is 34.2 Å². The number of carbonyl (C=O) groups is 1. The van der Waals surface area contributed by atoms with Crippen molar-refractivity contribution in [3.8, 4) is 0 Å². The van der Waals surface area contributed by atoms with Crippen molar-refractivity contribution in [2.75, 3.05) is 5.33 Å². The Morgan fingerprint density at radius 1 is 1.60 bits per heavy atom. The van der Waals surface area contributed by atoms with Crippen molar-refractivity contribution in [1.82, 2.24) is 10.3 Å². The van der Waals surface area contributed by atoms with Gasteiger partial charge in [0, 0.05) is 23.6 Å². The van der Waals surface area contributed by atoms with E-state index < -0.39 is 0 Å². The molecule has 0 radical (unpaired) electrons. The van der Waals surface area contributed by atoms with Gasteiger partial charge in [-0.15, -0.1) is 0 Å². The first kappa shape index (κ1) is 12.0. The number of pyridine rings is 1. The Kier molecular flexibility index (Phi) is 4.55. The fraction of sp³-hybridized carbons (Fsp3) is 0.400. The SMILES string of the molecule is CC(CCBr)NC(=O)c1ccc(=O)[nH]c1. The summed E-state index contributed by atoms with van der Waals surface area (Å²) in [4.78, 5) is 24.8. The summed E-state index contributed by atoms with van der Waals surface area (Å²) in [6.07, 6.45) is 2.29. The van der Waals surface area contributed by atoms with Crippen molar-refractivity contribution >= 4 is 21.8 Å². The molecule has 1 rings (SSSR count). The van der Waals surface area contributed by atoms with Gasteiger partial charge in [-0.2, -0.15) is 0 Å². The van der Waals surface area contributed by atoms with E-state index in [0.29, 0.717) is 5.56 Å². The van der Waals surface area contributed by atoms with Gasteiger partial charge in [-0.1, -0.05) is 15.9 Å². The van der Waals surface area contributed by atoms with Crippen LogP contribution in [0.5, 0.6) is 0 Å². The average molecular weight is 273 g/mol. The second kappa shape index (κ2) is 5.70. The van der Waals surface area contributed by atoms with Gasteiger partial charge >= 0.3 is 0 Å². The molecular formula is C10H13BrN2O2. The molecule has 0 fully saturated rings. The maximum absolute atomic E-state index is 11.6. The molecule has 0 spiro atoms. The van der Waals surface area contributed by atoms with Gasteiger partial charge in [-0.25, -0.2) is 0 Å². The van der Waals surface area contributed by atoms with Gasteiger partial charge in [-0.3, -0.25) is 9.59 Å². The van der Waals surface area contributed by atoms with Crippen LogP contribution >= 0.6 is 15.9 Å². The zero-order valence-corrected chi connectivity index (χ0v) is 10.0. The number of rotatable bonds is 4. The minimum atomic E-state index is -0.208. The smallest absolute Gasteiger partial charge is 0.252 e. The molecule has 5 heteroatoms. The zero-order valence-electron chi connectivity index (χ0n) is 8.42. The van der Waals surface area contributed by atoms with E-state index in [-0.39, 0.29) is 17.5 Å². The Morgan fingerprint density at radius 2 is 2.33 bits per heavy atom. The second-order valence-corrected chi connectivity index (χ2v) is 4.09. The molecule has 15 heavy (non-hydrogen) atoms. The standard InChI is InChI=1S/C10H13BrN2O2/c1-7(4-5-11)13-10(15)8-2-3-9(14)12-6-8/h2-3,6-7H,4-5H2,1H3,(H,12,14)(H,13,15). The number of carbonyl (C=O) groups excluding carboxylic acids is 1. The largest absolute Gasteiger partial charge is 0.350 e. The van der Waals surface area contributed by atoms with E-state index in [4.69, 9.17) is 0 Å². The Bertz CT molecular complexity index is 369. The lowest BCUT2D eigenvalue weighted by Gasteiger charge is -2.11. The number of nitrogens with one attached hydrogen (secondary N) is 2. The number of H-pyrrole nitrogens is 1. The number of hydrogen-bond acceptors (Lipinski definition) is 2. The summed E-state index contributed by atoms with van der Waals surface area (Å²) in [6, 6.07) is 2.96. The lowest BCUT2D eigenvalue weighted by molar-refractivity contribution is 0.0939. The third-order valence-electron chi connectivity index (χ3n) is 1.97. The van der Waals surface area contributed by atoms with Crippen LogP contribution in [0.2, 0.25) is 0 Å². The highest BCUT2D eigenvalue weighted by atomic mass is 79.9. The van der Waals surface area contributed by atoms with Crippen molar-refractivity contribution in [2.45, 2.75) is 19.4 Å². The van der Waals surface area contributed by atoms with Gasteiger partial charge in [0.05, 0.1) is 5.56 Å². The summed E-state index contributed by atoms with van der Waals surface area (Å²) < 4.78 is 0. The number of aromatic amines is 1. The Balaban J connectivity index is 2.61. The van der Waals surface area contributed by atoms with E-state index in [0.717, 1.165) is 11.8 Å². The fourth-order valence-electron chi connectivity index (χ4n) is 1.09. The predicted molar refractivity (Wildman–Crippen MR) is 62.4 cm³/mol. The summed E-state index contributed by atoms with van der Waals surface area (Å²) in [5, 5.41) is 3.67. The first-order valence-corrected chi connectivity index (χ1v) is 5.81. The molecular weight excluding hydrogens is 260 g/mol. The minimum Gasteiger partial charge on any atom is -0.350 e.